The molecule has 0 aliphatic heterocycles. The summed E-state index contributed by atoms with van der Waals surface area (Å²) in [5.74, 6) is 0. The highest BCUT2D eigenvalue weighted by molar-refractivity contribution is 9.11. The first kappa shape index (κ1) is 11.0. The second-order valence-electron chi connectivity index (χ2n) is 5.19. The first-order chi connectivity index (χ1) is 8.10. The molecule has 0 heterocycles. The molecule has 86 valence electrons. The SMILES string of the molecule is CC1(C)C2=C(C=CC(Br)=CC2)c2ccccc21. The van der Waals surface area contributed by atoms with Gasteiger partial charge in [0, 0.05) is 9.90 Å². The first-order valence-electron chi connectivity index (χ1n) is 5.98. The number of hydrogen-bond acceptors (Lipinski definition) is 0. The minimum atomic E-state index is 0.157. The Morgan fingerprint density at radius 2 is 1.88 bits per heavy atom. The number of hydrogen-bond donors (Lipinski definition) is 0. The summed E-state index contributed by atoms with van der Waals surface area (Å²) in [4.78, 5) is 0. The van der Waals surface area contributed by atoms with Crippen LogP contribution in [0, 0.1) is 0 Å². The lowest BCUT2D eigenvalue weighted by molar-refractivity contribution is 0.626. The molecule has 17 heavy (non-hydrogen) atoms. The number of rotatable bonds is 0. The van der Waals surface area contributed by atoms with Crippen LogP contribution in [0.25, 0.3) is 5.57 Å². The average molecular weight is 287 g/mol. The van der Waals surface area contributed by atoms with Gasteiger partial charge in [0.2, 0.25) is 0 Å². The standard InChI is InChI=1S/C16H15Br/c1-16(2)14-6-4-3-5-12(14)13-9-7-11(17)8-10-15(13)16/h3-9H,10H2,1-2H3. The molecule has 0 nitrogen and oxygen atoms in total. The largest absolute Gasteiger partial charge is 0.0661 e. The van der Waals surface area contributed by atoms with Crippen molar-refractivity contribution < 1.29 is 0 Å². The zero-order valence-corrected chi connectivity index (χ0v) is 11.7. The van der Waals surface area contributed by atoms with Crippen LogP contribution in [0.4, 0.5) is 0 Å². The van der Waals surface area contributed by atoms with Crippen molar-refractivity contribution in [3.63, 3.8) is 0 Å². The van der Waals surface area contributed by atoms with E-state index < -0.39 is 0 Å². The molecule has 0 unspecified atom stereocenters. The molecule has 0 fully saturated rings. The predicted octanol–water partition coefficient (Wildman–Crippen LogP) is 4.97. The highest BCUT2D eigenvalue weighted by atomic mass is 79.9. The van der Waals surface area contributed by atoms with Gasteiger partial charge in [-0.15, -0.1) is 0 Å². The molecule has 0 N–H and O–H groups in total. The van der Waals surface area contributed by atoms with Gasteiger partial charge in [0.1, 0.15) is 0 Å². The lowest BCUT2D eigenvalue weighted by atomic mass is 9.80. The first-order valence-corrected chi connectivity index (χ1v) is 6.77. The molecule has 1 heteroatoms. The Bertz CT molecular complexity index is 571. The van der Waals surface area contributed by atoms with Gasteiger partial charge in [-0.2, -0.15) is 0 Å². The Kier molecular flexibility index (Phi) is 2.41. The van der Waals surface area contributed by atoms with Gasteiger partial charge in [-0.05, 0) is 34.8 Å². The zero-order valence-electron chi connectivity index (χ0n) is 10.1. The van der Waals surface area contributed by atoms with Crippen molar-refractivity contribution in [3.05, 3.63) is 63.7 Å². The molecule has 0 saturated carbocycles. The summed E-state index contributed by atoms with van der Waals surface area (Å²) in [6.45, 7) is 4.66. The summed E-state index contributed by atoms with van der Waals surface area (Å²) in [6, 6.07) is 8.77. The van der Waals surface area contributed by atoms with Crippen LogP contribution in [-0.2, 0) is 5.41 Å². The van der Waals surface area contributed by atoms with E-state index in [9.17, 15) is 0 Å². The van der Waals surface area contributed by atoms with Crippen molar-refractivity contribution >= 4 is 21.5 Å². The fraction of sp³-hybridized carbons (Fsp3) is 0.250. The molecule has 0 amide bonds. The summed E-state index contributed by atoms with van der Waals surface area (Å²) in [6.07, 6.45) is 7.69. The van der Waals surface area contributed by atoms with Crippen molar-refractivity contribution in [3.8, 4) is 0 Å². The van der Waals surface area contributed by atoms with E-state index in [0.717, 1.165) is 6.42 Å². The Morgan fingerprint density at radius 1 is 1.12 bits per heavy atom. The molecule has 1 aromatic carbocycles. The predicted molar refractivity (Wildman–Crippen MR) is 77.2 cm³/mol. The van der Waals surface area contributed by atoms with Gasteiger partial charge in [0.15, 0.2) is 0 Å². The average Bonchev–Trinajstić information content (AvgIpc) is 2.45. The summed E-state index contributed by atoms with van der Waals surface area (Å²) < 4.78 is 1.18. The van der Waals surface area contributed by atoms with Crippen molar-refractivity contribution in [1.82, 2.24) is 0 Å². The van der Waals surface area contributed by atoms with Crippen molar-refractivity contribution in [2.45, 2.75) is 25.7 Å². The van der Waals surface area contributed by atoms with Crippen LogP contribution in [0.5, 0.6) is 0 Å². The molecule has 0 bridgehead atoms. The van der Waals surface area contributed by atoms with Crippen LogP contribution in [0.15, 0.2) is 52.5 Å². The second-order valence-corrected chi connectivity index (χ2v) is 6.10. The number of benzene rings is 1. The lowest BCUT2D eigenvalue weighted by Gasteiger charge is -2.24. The molecular weight excluding hydrogens is 272 g/mol. The number of allylic oxidation sites excluding steroid dienone is 6. The van der Waals surface area contributed by atoms with Crippen LogP contribution in [-0.4, -0.2) is 0 Å². The molecule has 2 aliphatic carbocycles. The molecule has 0 atom stereocenters. The van der Waals surface area contributed by atoms with Gasteiger partial charge in [-0.25, -0.2) is 0 Å². The van der Waals surface area contributed by atoms with E-state index in [2.05, 4.69) is 72.3 Å². The fourth-order valence-electron chi connectivity index (χ4n) is 2.91. The van der Waals surface area contributed by atoms with Crippen molar-refractivity contribution in [2.24, 2.45) is 0 Å². The number of fused-ring (bicyclic) bond motifs is 2. The summed E-state index contributed by atoms with van der Waals surface area (Å²) in [7, 11) is 0. The van der Waals surface area contributed by atoms with Crippen LogP contribution in [0.3, 0.4) is 0 Å². The minimum absolute atomic E-state index is 0.157. The molecule has 3 rings (SSSR count). The number of halogens is 1. The zero-order chi connectivity index (χ0) is 12.0. The van der Waals surface area contributed by atoms with Gasteiger partial charge in [-0.3, -0.25) is 0 Å². The van der Waals surface area contributed by atoms with Crippen LogP contribution >= 0.6 is 15.9 Å². The molecule has 0 saturated heterocycles. The molecular formula is C16H15Br. The third-order valence-corrected chi connectivity index (χ3v) is 4.47. The van der Waals surface area contributed by atoms with Gasteiger partial charge < -0.3 is 0 Å². The summed E-state index contributed by atoms with van der Waals surface area (Å²) in [5, 5.41) is 0. The van der Waals surface area contributed by atoms with E-state index in [4.69, 9.17) is 0 Å². The topological polar surface area (TPSA) is 0 Å². The fourth-order valence-corrected chi connectivity index (χ4v) is 3.20. The maximum atomic E-state index is 3.57. The lowest BCUT2D eigenvalue weighted by Crippen LogP contribution is -2.16. The molecule has 1 aromatic rings. The Morgan fingerprint density at radius 3 is 2.71 bits per heavy atom. The quantitative estimate of drug-likeness (QED) is 0.632. The van der Waals surface area contributed by atoms with E-state index in [-0.39, 0.29) is 5.41 Å². The Hall–Kier alpha value is -1.08. The summed E-state index contributed by atoms with van der Waals surface area (Å²) in [5.41, 5.74) is 5.96. The normalized spacial score (nSPS) is 20.8. The van der Waals surface area contributed by atoms with Gasteiger partial charge in [0.25, 0.3) is 0 Å². The van der Waals surface area contributed by atoms with E-state index in [1.807, 2.05) is 0 Å². The van der Waals surface area contributed by atoms with E-state index in [0.29, 0.717) is 0 Å². The van der Waals surface area contributed by atoms with Crippen LogP contribution < -0.4 is 0 Å². The third-order valence-electron chi connectivity index (χ3n) is 3.88. The highest BCUT2D eigenvalue weighted by Gasteiger charge is 2.36. The smallest absolute Gasteiger partial charge is 0.0138 e. The van der Waals surface area contributed by atoms with Gasteiger partial charge in [-0.1, -0.05) is 66.2 Å². The third kappa shape index (κ3) is 1.56. The monoisotopic (exact) mass is 286 g/mol. The van der Waals surface area contributed by atoms with E-state index >= 15 is 0 Å². The van der Waals surface area contributed by atoms with Crippen LogP contribution in [0.1, 0.15) is 31.4 Å². The van der Waals surface area contributed by atoms with Crippen LogP contribution in [0.2, 0.25) is 0 Å². The van der Waals surface area contributed by atoms with Gasteiger partial charge >= 0.3 is 0 Å². The summed E-state index contributed by atoms with van der Waals surface area (Å²) >= 11 is 3.57. The maximum Gasteiger partial charge on any atom is 0.0138 e. The highest BCUT2D eigenvalue weighted by Crippen LogP contribution is 2.49. The maximum absolute atomic E-state index is 3.57. The molecule has 0 spiro atoms. The van der Waals surface area contributed by atoms with Gasteiger partial charge in [0.05, 0.1) is 0 Å². The minimum Gasteiger partial charge on any atom is -0.0661 e. The van der Waals surface area contributed by atoms with Crippen molar-refractivity contribution in [2.75, 3.05) is 0 Å². The Labute approximate surface area is 111 Å². The molecule has 0 radical (unpaired) electrons. The van der Waals surface area contributed by atoms with E-state index in [1.165, 1.54) is 26.8 Å². The molecule has 0 aromatic heterocycles. The second kappa shape index (κ2) is 3.71. The molecule has 2 aliphatic rings. The Balaban J connectivity index is 2.24. The van der Waals surface area contributed by atoms with E-state index in [1.54, 1.807) is 0 Å². The van der Waals surface area contributed by atoms with Crippen molar-refractivity contribution in [1.29, 1.82) is 0 Å².